The summed E-state index contributed by atoms with van der Waals surface area (Å²) in [4.78, 5) is 12.3. The van der Waals surface area contributed by atoms with E-state index in [0.717, 1.165) is 40.6 Å². The first kappa shape index (κ1) is 31.4. The van der Waals surface area contributed by atoms with Crippen molar-refractivity contribution in [2.75, 3.05) is 0 Å². The van der Waals surface area contributed by atoms with Gasteiger partial charge in [-0.05, 0) is 107 Å². The predicted molar refractivity (Wildman–Crippen MR) is 183 cm³/mol. The van der Waals surface area contributed by atoms with E-state index >= 15 is 0 Å². The number of aryl methyl sites for hydroxylation is 5. The van der Waals surface area contributed by atoms with Crippen LogP contribution in [-0.4, -0.2) is 24.5 Å². The van der Waals surface area contributed by atoms with Gasteiger partial charge < -0.3 is 4.74 Å². The van der Waals surface area contributed by atoms with Gasteiger partial charge in [0.1, 0.15) is 5.75 Å². The molecule has 0 spiro atoms. The smallest absolute Gasteiger partial charge is 0.182 e. The van der Waals surface area contributed by atoms with Gasteiger partial charge in [0.15, 0.2) is 9.84 Å². The second kappa shape index (κ2) is 13.7. The first-order valence-corrected chi connectivity index (χ1v) is 17.3. The number of thiophene rings is 1. The Labute approximate surface area is 264 Å². The Morgan fingerprint density at radius 2 is 1.27 bits per heavy atom. The van der Waals surface area contributed by atoms with E-state index in [1.165, 1.54) is 20.7 Å². The molecule has 5 nitrogen and oxygen atoms in total. The van der Waals surface area contributed by atoms with Crippen LogP contribution in [0.4, 0.5) is 0 Å². The zero-order valence-electron chi connectivity index (χ0n) is 25.9. The van der Waals surface area contributed by atoms with Crippen molar-refractivity contribution in [1.82, 2.24) is 9.97 Å². The van der Waals surface area contributed by atoms with Crippen molar-refractivity contribution in [2.45, 2.75) is 64.2 Å². The minimum absolute atomic E-state index is 0.0486. The van der Waals surface area contributed by atoms with Crippen LogP contribution in [0.1, 0.15) is 46.1 Å². The molecule has 0 aliphatic carbocycles. The van der Waals surface area contributed by atoms with Gasteiger partial charge in [-0.25, -0.2) is 8.42 Å². The van der Waals surface area contributed by atoms with E-state index in [-0.39, 0.29) is 16.8 Å². The Morgan fingerprint density at radius 3 is 1.84 bits per heavy atom. The van der Waals surface area contributed by atoms with Crippen molar-refractivity contribution in [3.63, 3.8) is 0 Å². The Bertz CT molecular complexity index is 2000. The molecular weight excluding hydrogens is 585 g/mol. The summed E-state index contributed by atoms with van der Waals surface area (Å²) in [7, 11) is -3.46. The van der Waals surface area contributed by atoms with E-state index in [2.05, 4.69) is 61.3 Å². The number of fused-ring (bicyclic) bond motifs is 2. The Morgan fingerprint density at radius 1 is 0.682 bits per heavy atom. The monoisotopic (exact) mass is 622 g/mol. The number of pyridine rings is 2. The lowest BCUT2D eigenvalue weighted by molar-refractivity contribution is 0.242. The summed E-state index contributed by atoms with van der Waals surface area (Å²) in [6.45, 7) is 9.98. The van der Waals surface area contributed by atoms with Gasteiger partial charge >= 0.3 is 0 Å². The fourth-order valence-electron chi connectivity index (χ4n) is 5.09. The molecule has 0 saturated carbocycles. The van der Waals surface area contributed by atoms with Gasteiger partial charge in [-0.2, -0.15) is 0 Å². The topological polar surface area (TPSA) is 69.2 Å². The lowest BCUT2D eigenvalue weighted by atomic mass is 10.0. The van der Waals surface area contributed by atoms with Crippen LogP contribution in [-0.2, 0) is 28.4 Å². The molecular formula is C37H38N2O3S2. The van der Waals surface area contributed by atoms with Crippen molar-refractivity contribution >= 4 is 43.0 Å². The van der Waals surface area contributed by atoms with Crippen LogP contribution >= 0.6 is 11.3 Å². The molecule has 0 saturated heterocycles. The molecule has 0 aliphatic heterocycles. The molecule has 44 heavy (non-hydrogen) atoms. The van der Waals surface area contributed by atoms with E-state index < -0.39 is 9.84 Å². The highest BCUT2D eigenvalue weighted by molar-refractivity contribution is 7.90. The van der Waals surface area contributed by atoms with Gasteiger partial charge in [0.25, 0.3) is 0 Å². The Hall–Kier alpha value is -4.07. The van der Waals surface area contributed by atoms with Gasteiger partial charge in [-0.1, -0.05) is 48.5 Å². The third kappa shape index (κ3) is 7.90. The average molecular weight is 623 g/mol. The fraction of sp³-hybridized carbons (Fsp3) is 0.243. The average Bonchev–Trinajstić information content (AvgIpc) is 3.41. The lowest BCUT2D eigenvalue weighted by Gasteiger charge is -2.11. The van der Waals surface area contributed by atoms with E-state index in [9.17, 15) is 8.42 Å². The highest BCUT2D eigenvalue weighted by atomic mass is 32.2. The quantitative estimate of drug-likeness (QED) is 0.169. The number of ether oxygens (including phenoxy) is 1. The number of hydrogen-bond acceptors (Lipinski definition) is 6. The summed E-state index contributed by atoms with van der Waals surface area (Å²) < 4.78 is 31.2. The SMILES string of the molecule is Cc1ccc2cccc(CCc3ccc(C)s3)c2n1.Cc1ccc2cccc(CS(=O)(=O)c3ccc(OC(C)C)cc3)c2n1. The third-order valence-corrected chi connectivity index (χ3v) is 9.96. The summed E-state index contributed by atoms with van der Waals surface area (Å²) in [6, 6.07) is 31.2. The van der Waals surface area contributed by atoms with Crippen LogP contribution in [0.2, 0.25) is 0 Å². The van der Waals surface area contributed by atoms with Crippen LogP contribution in [0.3, 0.4) is 0 Å². The van der Waals surface area contributed by atoms with Gasteiger partial charge in [0.05, 0.1) is 27.8 Å². The Balaban J connectivity index is 0.000000181. The summed E-state index contributed by atoms with van der Waals surface area (Å²) in [5.74, 6) is 0.585. The summed E-state index contributed by atoms with van der Waals surface area (Å²) in [6.07, 6.45) is 2.22. The van der Waals surface area contributed by atoms with Crippen LogP contribution in [0, 0.1) is 20.8 Å². The summed E-state index contributed by atoms with van der Waals surface area (Å²) in [5, 5.41) is 2.18. The number of rotatable bonds is 8. The van der Waals surface area contributed by atoms with E-state index in [1.807, 2.05) is 62.4 Å². The van der Waals surface area contributed by atoms with Gasteiger partial charge in [-0.15, -0.1) is 11.3 Å². The highest BCUT2D eigenvalue weighted by Crippen LogP contribution is 2.25. The van der Waals surface area contributed by atoms with Gasteiger partial charge in [-0.3, -0.25) is 9.97 Å². The maximum Gasteiger partial charge on any atom is 0.182 e. The molecule has 0 bridgehead atoms. The van der Waals surface area contributed by atoms with Crippen molar-refractivity contribution in [2.24, 2.45) is 0 Å². The number of para-hydroxylation sites is 2. The number of hydrogen-bond donors (Lipinski definition) is 0. The predicted octanol–water partition coefficient (Wildman–Crippen LogP) is 9.00. The molecule has 0 unspecified atom stereocenters. The van der Waals surface area contributed by atoms with Crippen LogP contribution in [0.5, 0.6) is 5.75 Å². The fourth-order valence-corrected chi connectivity index (χ4v) is 7.34. The first-order valence-electron chi connectivity index (χ1n) is 14.8. The molecule has 3 aromatic carbocycles. The molecule has 0 aliphatic rings. The second-order valence-corrected chi connectivity index (χ2v) is 14.7. The summed E-state index contributed by atoms with van der Waals surface area (Å²) in [5.41, 5.74) is 5.93. The van der Waals surface area contributed by atoms with Gasteiger partial charge in [0.2, 0.25) is 0 Å². The Kier molecular flexibility index (Phi) is 9.77. The molecule has 3 aromatic heterocycles. The lowest BCUT2D eigenvalue weighted by Crippen LogP contribution is -2.07. The largest absolute Gasteiger partial charge is 0.491 e. The number of benzene rings is 3. The molecule has 3 heterocycles. The van der Waals surface area contributed by atoms with Crippen molar-refractivity contribution in [3.05, 3.63) is 129 Å². The highest BCUT2D eigenvalue weighted by Gasteiger charge is 2.18. The maximum absolute atomic E-state index is 12.8. The zero-order chi connectivity index (χ0) is 31.3. The van der Waals surface area contributed by atoms with Gasteiger partial charge in [0, 0.05) is 31.9 Å². The first-order chi connectivity index (χ1) is 21.1. The molecule has 0 atom stereocenters. The number of nitrogens with zero attached hydrogens (tertiary/aromatic N) is 2. The third-order valence-electron chi connectivity index (χ3n) is 7.22. The summed E-state index contributed by atoms with van der Waals surface area (Å²) >= 11 is 1.90. The molecule has 6 rings (SSSR count). The molecule has 0 fully saturated rings. The van der Waals surface area contributed by atoms with Crippen LogP contribution in [0.15, 0.2) is 102 Å². The minimum Gasteiger partial charge on any atom is -0.491 e. The van der Waals surface area contributed by atoms with E-state index in [1.54, 1.807) is 24.3 Å². The normalized spacial score (nSPS) is 11.5. The van der Waals surface area contributed by atoms with Crippen molar-refractivity contribution in [3.8, 4) is 5.75 Å². The number of sulfone groups is 1. The zero-order valence-corrected chi connectivity index (χ0v) is 27.5. The van der Waals surface area contributed by atoms with E-state index in [4.69, 9.17) is 9.72 Å². The second-order valence-electron chi connectivity index (χ2n) is 11.3. The van der Waals surface area contributed by atoms with Crippen molar-refractivity contribution < 1.29 is 13.2 Å². The van der Waals surface area contributed by atoms with Crippen LogP contribution < -0.4 is 4.74 Å². The van der Waals surface area contributed by atoms with E-state index in [0.29, 0.717) is 11.3 Å². The molecule has 6 aromatic rings. The molecule has 0 radical (unpaired) electrons. The molecule has 7 heteroatoms. The van der Waals surface area contributed by atoms with Crippen molar-refractivity contribution in [1.29, 1.82) is 0 Å². The number of aromatic nitrogens is 2. The standard InChI is InChI=1S/C20H21NO3S.C17H17NS/c1-14(2)24-18-9-11-19(12-10-18)25(22,23)13-17-6-4-5-16-8-7-15(3)21-20(16)17;1-12-6-8-14-4-3-5-15(17(14)18-12)9-11-16-10-7-13(2)19-16/h4-12,14H,13H2,1-3H3;3-8,10H,9,11H2,1-2H3. The minimum atomic E-state index is -3.46. The molecule has 226 valence electrons. The maximum atomic E-state index is 12.8. The molecule has 0 amide bonds. The van der Waals surface area contributed by atoms with Crippen LogP contribution in [0.25, 0.3) is 21.8 Å². The molecule has 0 N–H and O–H groups in total.